The number of primary amides is 1. The fourth-order valence-electron chi connectivity index (χ4n) is 3.46. The summed E-state index contributed by atoms with van der Waals surface area (Å²) in [5.41, 5.74) is 6.58. The summed E-state index contributed by atoms with van der Waals surface area (Å²) in [4.78, 5) is 16.2. The number of aromatic nitrogens is 3. The minimum absolute atomic E-state index is 0.215. The van der Waals surface area contributed by atoms with Gasteiger partial charge < -0.3 is 10.5 Å². The molecule has 2 N–H and O–H groups in total. The van der Waals surface area contributed by atoms with Crippen LogP contribution in [0.3, 0.4) is 0 Å². The Kier molecular flexibility index (Phi) is 2.33. The summed E-state index contributed by atoms with van der Waals surface area (Å²) in [5.74, 6) is 0.155. The Morgan fingerprint density at radius 2 is 2.45 bits per heavy atom. The molecule has 20 heavy (non-hydrogen) atoms. The van der Waals surface area contributed by atoms with Gasteiger partial charge in [0.15, 0.2) is 11.5 Å². The van der Waals surface area contributed by atoms with E-state index in [1.54, 1.807) is 4.52 Å². The van der Waals surface area contributed by atoms with Crippen LogP contribution in [-0.2, 0) is 15.1 Å². The van der Waals surface area contributed by atoms with Crippen LogP contribution in [0.2, 0.25) is 0 Å². The lowest BCUT2D eigenvalue weighted by atomic mass is 9.63. The van der Waals surface area contributed by atoms with Gasteiger partial charge in [-0.05, 0) is 40.9 Å². The first-order valence-corrected chi connectivity index (χ1v) is 7.27. The van der Waals surface area contributed by atoms with Crippen LogP contribution in [0.5, 0.6) is 0 Å². The molecule has 7 heteroatoms. The number of rotatable bonds is 2. The summed E-state index contributed by atoms with van der Waals surface area (Å²) in [6, 6.07) is 1.98. The van der Waals surface area contributed by atoms with E-state index < -0.39 is 5.60 Å². The van der Waals surface area contributed by atoms with Gasteiger partial charge in [0, 0.05) is 16.6 Å². The predicted octanol–water partition coefficient (Wildman–Crippen LogP) is 1.15. The molecule has 2 aromatic rings. The number of carbonyl (C=O) groups excluding carboxylic acids is 1. The van der Waals surface area contributed by atoms with Crippen molar-refractivity contribution in [3.63, 3.8) is 0 Å². The van der Waals surface area contributed by atoms with Crippen LogP contribution in [-0.4, -0.2) is 27.1 Å². The lowest BCUT2D eigenvalue weighted by Crippen LogP contribution is -2.52. The van der Waals surface area contributed by atoms with Crippen LogP contribution in [0, 0.1) is 18.8 Å². The van der Waals surface area contributed by atoms with Crippen molar-refractivity contribution >= 4 is 27.5 Å². The smallest absolute Gasteiger partial charge is 0.224 e. The van der Waals surface area contributed by atoms with E-state index >= 15 is 0 Å². The van der Waals surface area contributed by atoms with Crippen molar-refractivity contribution in [3.05, 3.63) is 28.1 Å². The van der Waals surface area contributed by atoms with Crippen molar-refractivity contribution in [2.24, 2.45) is 17.6 Å². The zero-order valence-electron chi connectivity index (χ0n) is 10.8. The molecule has 1 amide bonds. The van der Waals surface area contributed by atoms with E-state index in [1.807, 2.05) is 19.2 Å². The Morgan fingerprint density at radius 3 is 3.15 bits per heavy atom. The van der Waals surface area contributed by atoms with Crippen molar-refractivity contribution < 1.29 is 9.53 Å². The molecule has 0 spiro atoms. The number of nitrogens with zero attached hydrogens (tertiary/aromatic N) is 3. The molecule has 2 aliphatic heterocycles. The topological polar surface area (TPSA) is 82.5 Å². The molecule has 2 aromatic heterocycles. The van der Waals surface area contributed by atoms with Gasteiger partial charge in [0.05, 0.1) is 12.5 Å². The molecule has 3 atom stereocenters. The number of carbonyl (C=O) groups is 1. The molecule has 3 aliphatic rings. The van der Waals surface area contributed by atoms with Crippen LogP contribution in [0.15, 0.2) is 16.7 Å². The number of amides is 1. The monoisotopic (exact) mass is 336 g/mol. The van der Waals surface area contributed by atoms with Crippen molar-refractivity contribution in [2.75, 3.05) is 6.61 Å². The van der Waals surface area contributed by atoms with Crippen molar-refractivity contribution in [2.45, 2.75) is 18.9 Å². The van der Waals surface area contributed by atoms with E-state index in [9.17, 15) is 4.79 Å². The third-order valence-corrected chi connectivity index (χ3v) is 4.80. The lowest BCUT2D eigenvalue weighted by molar-refractivity contribution is -0.139. The second kappa shape index (κ2) is 3.79. The second-order valence-corrected chi connectivity index (χ2v) is 6.51. The van der Waals surface area contributed by atoms with Crippen LogP contribution in [0.25, 0.3) is 5.65 Å². The van der Waals surface area contributed by atoms with Crippen LogP contribution < -0.4 is 5.73 Å². The zero-order valence-corrected chi connectivity index (χ0v) is 12.4. The van der Waals surface area contributed by atoms with Crippen molar-refractivity contribution in [3.8, 4) is 0 Å². The first-order chi connectivity index (χ1) is 9.51. The van der Waals surface area contributed by atoms with Gasteiger partial charge >= 0.3 is 0 Å². The molecule has 0 radical (unpaired) electrons. The quantitative estimate of drug-likeness (QED) is 0.891. The fraction of sp³-hybridized carbons (Fsp3) is 0.462. The first kappa shape index (κ1) is 12.3. The van der Waals surface area contributed by atoms with E-state index in [0.29, 0.717) is 12.4 Å². The minimum atomic E-state index is -0.707. The predicted molar refractivity (Wildman–Crippen MR) is 73.8 cm³/mol. The normalized spacial score (nSPS) is 31.5. The number of fused-ring (bicyclic) bond motifs is 2. The van der Waals surface area contributed by atoms with E-state index in [4.69, 9.17) is 10.5 Å². The fourth-order valence-corrected chi connectivity index (χ4v) is 4.00. The Bertz CT molecular complexity index is 739. The number of hydrogen-bond acceptors (Lipinski definition) is 4. The van der Waals surface area contributed by atoms with Crippen LogP contribution in [0.4, 0.5) is 0 Å². The molecule has 3 fully saturated rings. The summed E-state index contributed by atoms with van der Waals surface area (Å²) >= 11 is 3.44. The number of ether oxygens (including phenoxy) is 1. The first-order valence-electron chi connectivity index (χ1n) is 6.47. The van der Waals surface area contributed by atoms with E-state index in [-0.39, 0.29) is 17.7 Å². The molecule has 2 saturated heterocycles. The summed E-state index contributed by atoms with van der Waals surface area (Å²) in [5, 5.41) is 4.50. The van der Waals surface area contributed by atoms with Gasteiger partial charge in [-0.3, -0.25) is 4.79 Å². The summed E-state index contributed by atoms with van der Waals surface area (Å²) in [6.07, 6.45) is 2.62. The third kappa shape index (κ3) is 1.39. The lowest BCUT2D eigenvalue weighted by Gasteiger charge is -2.40. The molecule has 1 aliphatic carbocycles. The summed E-state index contributed by atoms with van der Waals surface area (Å²) in [6.45, 7) is 2.53. The number of hydrogen-bond donors (Lipinski definition) is 1. The highest BCUT2D eigenvalue weighted by Crippen LogP contribution is 2.58. The highest BCUT2D eigenvalue weighted by atomic mass is 79.9. The maximum atomic E-state index is 11.6. The molecule has 6 nitrogen and oxygen atoms in total. The molecule has 104 valence electrons. The number of pyridine rings is 1. The minimum Gasteiger partial charge on any atom is -0.369 e. The Balaban J connectivity index is 1.87. The molecule has 0 aromatic carbocycles. The van der Waals surface area contributed by atoms with E-state index in [1.165, 1.54) is 0 Å². The molecular formula is C13H13BrN4O2. The average molecular weight is 337 g/mol. The molecule has 4 heterocycles. The molecular weight excluding hydrogens is 324 g/mol. The molecule has 2 bridgehead atoms. The van der Waals surface area contributed by atoms with E-state index in [0.717, 1.165) is 22.1 Å². The zero-order chi connectivity index (χ0) is 14.1. The maximum Gasteiger partial charge on any atom is 0.224 e. The van der Waals surface area contributed by atoms with Crippen molar-refractivity contribution in [1.29, 1.82) is 0 Å². The standard InChI is InChI=1S/C13H13BrN4O2/c1-6-2-8(14)4-18-11(6)16-12(17-18)13-3-7(5-20-13)9(13)10(15)19/h2,4,7,9H,3,5H2,1H3,(H2,15,19). The average Bonchev–Trinajstić information content (AvgIpc) is 2.97. The number of nitrogens with two attached hydrogens (primary N) is 1. The van der Waals surface area contributed by atoms with Crippen LogP contribution >= 0.6 is 15.9 Å². The van der Waals surface area contributed by atoms with Gasteiger partial charge in [-0.25, -0.2) is 9.50 Å². The molecule has 1 saturated carbocycles. The number of halogens is 1. The van der Waals surface area contributed by atoms with Crippen molar-refractivity contribution in [1.82, 2.24) is 14.6 Å². The van der Waals surface area contributed by atoms with Gasteiger partial charge in [0.25, 0.3) is 0 Å². The van der Waals surface area contributed by atoms with Gasteiger partial charge in [-0.2, -0.15) is 0 Å². The van der Waals surface area contributed by atoms with E-state index in [2.05, 4.69) is 26.0 Å². The Labute approximate surface area is 123 Å². The largest absolute Gasteiger partial charge is 0.369 e. The molecule has 5 rings (SSSR count). The Morgan fingerprint density at radius 1 is 1.65 bits per heavy atom. The summed E-state index contributed by atoms with van der Waals surface area (Å²) in [7, 11) is 0. The maximum absolute atomic E-state index is 11.6. The number of aryl methyl sites for hydroxylation is 1. The van der Waals surface area contributed by atoms with Gasteiger partial charge in [-0.1, -0.05) is 0 Å². The Hall–Kier alpha value is -1.47. The third-order valence-electron chi connectivity index (χ3n) is 4.36. The SMILES string of the molecule is Cc1cc(Br)cn2nc(C34CC(CO3)C4C(N)=O)nc12. The van der Waals surface area contributed by atoms with Gasteiger partial charge in [0.1, 0.15) is 5.60 Å². The van der Waals surface area contributed by atoms with Gasteiger partial charge in [-0.15, -0.1) is 5.10 Å². The highest BCUT2D eigenvalue weighted by Gasteiger charge is 2.66. The summed E-state index contributed by atoms with van der Waals surface area (Å²) < 4.78 is 8.47. The highest BCUT2D eigenvalue weighted by molar-refractivity contribution is 9.10. The van der Waals surface area contributed by atoms with Gasteiger partial charge in [0.2, 0.25) is 5.91 Å². The second-order valence-electron chi connectivity index (χ2n) is 5.59. The molecule has 3 unspecified atom stereocenters. The van der Waals surface area contributed by atoms with Crippen LogP contribution in [0.1, 0.15) is 17.8 Å².